The first-order valence-corrected chi connectivity index (χ1v) is 9.83. The smallest absolute Gasteiger partial charge is 0.119 e. The maximum Gasteiger partial charge on any atom is 0.119 e. The number of aliphatic hydroxyl groups excluding tert-OH is 1. The lowest BCUT2D eigenvalue weighted by Gasteiger charge is -2.33. The molecular weight excluding hydrogens is 346 g/mol. The second kappa shape index (κ2) is 8.17. The molecule has 0 spiro atoms. The van der Waals surface area contributed by atoms with E-state index >= 15 is 0 Å². The molecule has 144 valence electrons. The molecule has 1 heterocycles. The number of ether oxygens (including phenoxy) is 1. The van der Waals surface area contributed by atoms with Crippen LogP contribution in [-0.2, 0) is 6.54 Å². The van der Waals surface area contributed by atoms with Crippen molar-refractivity contribution in [3.05, 3.63) is 89.5 Å². The molecule has 0 aliphatic carbocycles. The predicted octanol–water partition coefficient (Wildman–Crippen LogP) is 5.01. The highest BCUT2D eigenvalue weighted by atomic mass is 16.5. The van der Waals surface area contributed by atoms with E-state index < -0.39 is 6.10 Å². The summed E-state index contributed by atoms with van der Waals surface area (Å²) in [4.78, 5) is 2.32. The lowest BCUT2D eigenvalue weighted by Crippen LogP contribution is -2.31. The number of fused-ring (bicyclic) bond motifs is 1. The minimum absolute atomic E-state index is 0.309. The minimum atomic E-state index is -0.476. The normalized spacial score (nSPS) is 17.8. The zero-order valence-electron chi connectivity index (χ0n) is 16.5. The average molecular weight is 373 g/mol. The van der Waals surface area contributed by atoms with Crippen LogP contribution in [0.2, 0.25) is 0 Å². The predicted molar refractivity (Wildman–Crippen MR) is 114 cm³/mol. The van der Waals surface area contributed by atoms with E-state index in [2.05, 4.69) is 60.5 Å². The van der Waals surface area contributed by atoms with Gasteiger partial charge < -0.3 is 14.7 Å². The highest BCUT2D eigenvalue weighted by molar-refractivity contribution is 5.63. The Morgan fingerprint density at radius 2 is 1.71 bits per heavy atom. The van der Waals surface area contributed by atoms with Crippen LogP contribution in [0, 0.1) is 0 Å². The quantitative estimate of drug-likeness (QED) is 0.682. The van der Waals surface area contributed by atoms with Crippen molar-refractivity contribution >= 4 is 0 Å². The van der Waals surface area contributed by atoms with Crippen molar-refractivity contribution in [3.63, 3.8) is 0 Å². The molecule has 3 aromatic rings. The summed E-state index contributed by atoms with van der Waals surface area (Å²) in [6.07, 6.45) is 0.241. The first-order valence-electron chi connectivity index (χ1n) is 9.83. The van der Waals surface area contributed by atoms with Crippen LogP contribution in [0.3, 0.4) is 0 Å². The number of aliphatic hydroxyl groups is 1. The van der Waals surface area contributed by atoms with Crippen LogP contribution in [0.5, 0.6) is 5.75 Å². The average Bonchev–Trinajstić information content (AvgIpc) is 2.74. The van der Waals surface area contributed by atoms with Gasteiger partial charge in [-0.1, -0.05) is 60.7 Å². The largest absolute Gasteiger partial charge is 0.497 e. The molecule has 0 bridgehead atoms. The second-order valence-electron chi connectivity index (χ2n) is 7.70. The molecule has 0 radical (unpaired) electrons. The number of nitrogens with zero attached hydrogens (tertiary/aromatic N) is 1. The van der Waals surface area contributed by atoms with Crippen molar-refractivity contribution < 1.29 is 9.84 Å². The van der Waals surface area contributed by atoms with Crippen molar-refractivity contribution in [1.29, 1.82) is 0 Å². The molecule has 3 heteroatoms. The van der Waals surface area contributed by atoms with E-state index in [1.807, 2.05) is 24.3 Å². The Hall–Kier alpha value is -2.62. The molecule has 0 saturated carbocycles. The van der Waals surface area contributed by atoms with Crippen LogP contribution in [0.25, 0.3) is 11.1 Å². The van der Waals surface area contributed by atoms with Gasteiger partial charge in [-0.2, -0.15) is 0 Å². The Labute approximate surface area is 167 Å². The molecule has 2 unspecified atom stereocenters. The summed E-state index contributed by atoms with van der Waals surface area (Å²) < 4.78 is 5.38. The third kappa shape index (κ3) is 3.96. The number of benzene rings is 3. The van der Waals surface area contributed by atoms with Crippen molar-refractivity contribution in [3.8, 4) is 16.9 Å². The van der Waals surface area contributed by atoms with Crippen molar-refractivity contribution in [2.45, 2.75) is 25.0 Å². The first-order chi connectivity index (χ1) is 13.6. The summed E-state index contributed by atoms with van der Waals surface area (Å²) in [7, 11) is 3.84. The summed E-state index contributed by atoms with van der Waals surface area (Å²) in [6.45, 7) is 1.88. The Bertz CT molecular complexity index is 921. The standard InChI is InChI=1S/C25H27NO2/c1-26-16-21-14-23(28-2)12-13-24(21)22(17-26)15-25(27)20-10-8-19(9-11-20)18-6-4-3-5-7-18/h3-14,22,25,27H,15-17H2,1-2H3. The summed E-state index contributed by atoms with van der Waals surface area (Å²) in [5.74, 6) is 1.20. The van der Waals surface area contributed by atoms with Crippen LogP contribution < -0.4 is 4.74 Å². The molecule has 1 aliphatic heterocycles. The van der Waals surface area contributed by atoms with Gasteiger partial charge in [-0.3, -0.25) is 0 Å². The van der Waals surface area contributed by atoms with Gasteiger partial charge in [0.15, 0.2) is 0 Å². The van der Waals surface area contributed by atoms with Crippen LogP contribution in [0.1, 0.15) is 35.1 Å². The minimum Gasteiger partial charge on any atom is -0.497 e. The molecule has 0 saturated heterocycles. The van der Waals surface area contributed by atoms with Gasteiger partial charge in [-0.05, 0) is 59.3 Å². The number of likely N-dealkylation sites (N-methyl/N-ethyl adjacent to an activating group) is 1. The molecule has 0 fully saturated rings. The Morgan fingerprint density at radius 3 is 2.43 bits per heavy atom. The van der Waals surface area contributed by atoms with Gasteiger partial charge in [0.2, 0.25) is 0 Å². The fourth-order valence-corrected chi connectivity index (χ4v) is 4.21. The lowest BCUT2D eigenvalue weighted by molar-refractivity contribution is 0.143. The molecule has 0 amide bonds. The van der Waals surface area contributed by atoms with E-state index in [0.717, 1.165) is 24.4 Å². The number of hydrogen-bond donors (Lipinski definition) is 1. The third-order valence-electron chi connectivity index (χ3n) is 5.67. The Morgan fingerprint density at radius 1 is 1.00 bits per heavy atom. The maximum absolute atomic E-state index is 10.9. The van der Waals surface area contributed by atoms with Gasteiger partial charge in [0, 0.05) is 13.1 Å². The Balaban J connectivity index is 1.51. The van der Waals surface area contributed by atoms with Crippen LogP contribution in [0.15, 0.2) is 72.8 Å². The topological polar surface area (TPSA) is 32.7 Å². The number of methoxy groups -OCH3 is 1. The fraction of sp³-hybridized carbons (Fsp3) is 0.280. The summed E-state index contributed by atoms with van der Waals surface area (Å²) >= 11 is 0. The van der Waals surface area contributed by atoms with Gasteiger partial charge in [-0.15, -0.1) is 0 Å². The van der Waals surface area contributed by atoms with Crippen LogP contribution in [-0.4, -0.2) is 30.7 Å². The van der Waals surface area contributed by atoms with Gasteiger partial charge in [0.1, 0.15) is 5.75 Å². The number of rotatable bonds is 5. The van der Waals surface area contributed by atoms with Gasteiger partial charge in [-0.25, -0.2) is 0 Å². The first kappa shape index (κ1) is 18.7. The molecular formula is C25H27NO2. The van der Waals surface area contributed by atoms with E-state index in [0.29, 0.717) is 12.3 Å². The van der Waals surface area contributed by atoms with Gasteiger partial charge in [0.25, 0.3) is 0 Å². The van der Waals surface area contributed by atoms with Gasteiger partial charge >= 0.3 is 0 Å². The summed E-state index contributed by atoms with van der Waals surface area (Å²) in [5, 5.41) is 10.9. The number of hydrogen-bond acceptors (Lipinski definition) is 3. The SMILES string of the molecule is COc1ccc2c(c1)CN(C)CC2CC(O)c1ccc(-c2ccccc2)cc1. The summed E-state index contributed by atoms with van der Waals surface area (Å²) in [5.41, 5.74) is 5.97. The van der Waals surface area contributed by atoms with E-state index in [4.69, 9.17) is 4.74 Å². The third-order valence-corrected chi connectivity index (χ3v) is 5.67. The van der Waals surface area contributed by atoms with Crippen molar-refractivity contribution in [2.75, 3.05) is 20.7 Å². The molecule has 4 rings (SSSR count). The zero-order chi connectivity index (χ0) is 19.5. The highest BCUT2D eigenvalue weighted by Gasteiger charge is 2.26. The van der Waals surface area contributed by atoms with Gasteiger partial charge in [0.05, 0.1) is 13.2 Å². The van der Waals surface area contributed by atoms with E-state index in [9.17, 15) is 5.11 Å². The molecule has 0 aromatic heterocycles. The monoisotopic (exact) mass is 373 g/mol. The fourth-order valence-electron chi connectivity index (χ4n) is 4.21. The highest BCUT2D eigenvalue weighted by Crippen LogP contribution is 2.36. The maximum atomic E-state index is 10.9. The van der Waals surface area contributed by atoms with Crippen LogP contribution >= 0.6 is 0 Å². The molecule has 28 heavy (non-hydrogen) atoms. The Kier molecular flexibility index (Phi) is 5.47. The van der Waals surface area contributed by atoms with Crippen LogP contribution in [0.4, 0.5) is 0 Å². The second-order valence-corrected chi connectivity index (χ2v) is 7.70. The van der Waals surface area contributed by atoms with Crippen molar-refractivity contribution in [2.24, 2.45) is 0 Å². The molecule has 1 aliphatic rings. The molecule has 3 aromatic carbocycles. The van der Waals surface area contributed by atoms with E-state index in [1.165, 1.54) is 22.3 Å². The van der Waals surface area contributed by atoms with E-state index in [1.54, 1.807) is 7.11 Å². The van der Waals surface area contributed by atoms with E-state index in [-0.39, 0.29) is 0 Å². The molecule has 3 nitrogen and oxygen atoms in total. The summed E-state index contributed by atoms with van der Waals surface area (Å²) in [6, 6.07) is 24.9. The lowest BCUT2D eigenvalue weighted by atomic mass is 9.84. The molecule has 2 atom stereocenters. The molecule has 1 N–H and O–H groups in total. The zero-order valence-corrected chi connectivity index (χ0v) is 16.5. The van der Waals surface area contributed by atoms with Crippen molar-refractivity contribution in [1.82, 2.24) is 4.90 Å².